The number of fused-ring (bicyclic) bond motifs is 2. The molecule has 6 nitrogen and oxygen atoms in total. The van der Waals surface area contributed by atoms with E-state index in [1.54, 1.807) is 28.4 Å². The molecule has 0 aromatic heterocycles. The Morgan fingerprint density at radius 1 is 0.266 bits per heavy atom. The van der Waals surface area contributed by atoms with Gasteiger partial charge < -0.3 is 28.7 Å². The number of anilines is 6. The molecule has 0 aliphatic heterocycles. The lowest BCUT2D eigenvalue weighted by molar-refractivity contribution is 0.414. The van der Waals surface area contributed by atoms with Crippen molar-refractivity contribution in [3.8, 4) is 46.7 Å². The van der Waals surface area contributed by atoms with E-state index in [9.17, 15) is 0 Å². The first-order valence-electron chi connectivity index (χ1n) is 20.9. The molecular weight excluding hydrogens is 789 g/mol. The molecule has 0 unspecified atom stereocenters. The Morgan fingerprint density at radius 2 is 0.484 bits per heavy atom. The second kappa shape index (κ2) is 18.6. The summed E-state index contributed by atoms with van der Waals surface area (Å²) in [6.07, 6.45) is 0. The number of rotatable bonds is 10. The van der Waals surface area contributed by atoms with Crippen LogP contribution in [0.4, 0.5) is 34.1 Å². The summed E-state index contributed by atoms with van der Waals surface area (Å²) in [7, 11) is 6.70. The SMILES string of the molecule is COc1ccc(N(c2ccc(C#Cc3c4ccccc4c(C#Cc4ccc(N(c5ccc(OC)cc5)c5ccc(OC)cc5)cc4)c4ccccc34)cc2)c2ccc(OC)cc2)cc1. The summed E-state index contributed by atoms with van der Waals surface area (Å²) in [6.45, 7) is 0. The van der Waals surface area contributed by atoms with Crippen LogP contribution >= 0.6 is 0 Å². The lowest BCUT2D eigenvalue weighted by Crippen LogP contribution is -2.09. The zero-order valence-electron chi connectivity index (χ0n) is 36.0. The molecule has 0 heterocycles. The van der Waals surface area contributed by atoms with E-state index in [-0.39, 0.29) is 0 Å². The number of nitrogens with zero attached hydrogens (tertiary/aromatic N) is 2. The molecule has 0 bridgehead atoms. The van der Waals surface area contributed by atoms with Crippen LogP contribution in [0, 0.1) is 23.7 Å². The van der Waals surface area contributed by atoms with Crippen LogP contribution in [0.25, 0.3) is 21.5 Å². The Morgan fingerprint density at radius 3 is 0.703 bits per heavy atom. The van der Waals surface area contributed by atoms with Crippen molar-refractivity contribution in [1.82, 2.24) is 0 Å². The topological polar surface area (TPSA) is 43.4 Å². The lowest BCUT2D eigenvalue weighted by Gasteiger charge is -2.25. The molecule has 0 saturated heterocycles. The van der Waals surface area contributed by atoms with Crippen LogP contribution in [0.2, 0.25) is 0 Å². The van der Waals surface area contributed by atoms with E-state index >= 15 is 0 Å². The van der Waals surface area contributed by atoms with E-state index in [0.29, 0.717) is 0 Å². The van der Waals surface area contributed by atoms with Crippen molar-refractivity contribution in [2.45, 2.75) is 0 Å². The third-order valence-corrected chi connectivity index (χ3v) is 11.2. The molecule has 0 N–H and O–H groups in total. The van der Waals surface area contributed by atoms with Crippen LogP contribution in [-0.4, -0.2) is 28.4 Å². The van der Waals surface area contributed by atoms with E-state index < -0.39 is 0 Å². The van der Waals surface area contributed by atoms with Crippen LogP contribution in [-0.2, 0) is 0 Å². The predicted octanol–water partition coefficient (Wildman–Crippen LogP) is 13.8. The zero-order chi connectivity index (χ0) is 43.8. The maximum Gasteiger partial charge on any atom is 0.119 e. The van der Waals surface area contributed by atoms with Crippen LogP contribution in [0.1, 0.15) is 22.3 Å². The average molecular weight is 833 g/mol. The van der Waals surface area contributed by atoms with Gasteiger partial charge in [0.2, 0.25) is 0 Å². The minimum absolute atomic E-state index is 0.800. The highest BCUT2D eigenvalue weighted by molar-refractivity contribution is 6.10. The summed E-state index contributed by atoms with van der Waals surface area (Å²) >= 11 is 0. The number of methoxy groups -OCH3 is 4. The highest BCUT2D eigenvalue weighted by atomic mass is 16.5. The second-order valence-corrected chi connectivity index (χ2v) is 14.9. The molecule has 0 atom stereocenters. The van der Waals surface area contributed by atoms with Gasteiger partial charge in [-0.2, -0.15) is 0 Å². The number of ether oxygens (including phenoxy) is 4. The highest BCUT2D eigenvalue weighted by Crippen LogP contribution is 2.38. The van der Waals surface area contributed by atoms with Crippen molar-refractivity contribution < 1.29 is 18.9 Å². The Labute approximate surface area is 374 Å². The van der Waals surface area contributed by atoms with Crippen molar-refractivity contribution in [2.24, 2.45) is 0 Å². The molecule has 0 fully saturated rings. The summed E-state index contributed by atoms with van der Waals surface area (Å²) in [6, 6.07) is 65.8. The fraction of sp³-hybridized carbons (Fsp3) is 0.0690. The van der Waals surface area contributed by atoms with E-state index in [0.717, 1.165) is 101 Å². The molecule has 6 heteroatoms. The molecule has 64 heavy (non-hydrogen) atoms. The Bertz CT molecular complexity index is 2810. The van der Waals surface area contributed by atoms with Gasteiger partial charge in [0.1, 0.15) is 23.0 Å². The van der Waals surface area contributed by atoms with Gasteiger partial charge in [-0.1, -0.05) is 72.2 Å². The number of hydrogen-bond acceptors (Lipinski definition) is 6. The van der Waals surface area contributed by atoms with E-state index in [1.165, 1.54) is 0 Å². The minimum Gasteiger partial charge on any atom is -0.497 e. The van der Waals surface area contributed by atoms with Crippen LogP contribution < -0.4 is 28.7 Å². The maximum atomic E-state index is 5.44. The van der Waals surface area contributed by atoms with E-state index in [4.69, 9.17) is 18.9 Å². The maximum absolute atomic E-state index is 5.44. The van der Waals surface area contributed by atoms with Crippen molar-refractivity contribution in [3.63, 3.8) is 0 Å². The van der Waals surface area contributed by atoms with Gasteiger partial charge in [-0.05, 0) is 167 Å². The molecular formula is C58H44N2O4. The quantitative estimate of drug-likeness (QED) is 0.101. The van der Waals surface area contributed by atoms with Gasteiger partial charge in [0, 0.05) is 56.4 Å². The molecule has 0 saturated carbocycles. The highest BCUT2D eigenvalue weighted by Gasteiger charge is 2.16. The zero-order valence-corrected chi connectivity index (χ0v) is 36.0. The molecule has 0 aliphatic rings. The molecule has 9 aromatic rings. The van der Waals surface area contributed by atoms with Crippen molar-refractivity contribution in [1.29, 1.82) is 0 Å². The lowest BCUT2D eigenvalue weighted by atomic mass is 9.92. The van der Waals surface area contributed by atoms with E-state index in [1.807, 2.05) is 48.5 Å². The van der Waals surface area contributed by atoms with Crippen LogP contribution in [0.15, 0.2) is 194 Å². The smallest absolute Gasteiger partial charge is 0.119 e. The third kappa shape index (κ3) is 8.50. The predicted molar refractivity (Wildman–Crippen MR) is 262 cm³/mol. The molecule has 0 aliphatic carbocycles. The van der Waals surface area contributed by atoms with Gasteiger partial charge in [0.15, 0.2) is 0 Å². The van der Waals surface area contributed by atoms with Crippen molar-refractivity contribution in [3.05, 3.63) is 216 Å². The summed E-state index contributed by atoms with van der Waals surface area (Å²) < 4.78 is 21.8. The monoisotopic (exact) mass is 832 g/mol. The van der Waals surface area contributed by atoms with Crippen LogP contribution in [0.5, 0.6) is 23.0 Å². The minimum atomic E-state index is 0.800. The number of hydrogen-bond donors (Lipinski definition) is 0. The van der Waals surface area contributed by atoms with Gasteiger partial charge in [0.05, 0.1) is 28.4 Å². The molecule has 9 aromatic carbocycles. The summed E-state index contributed by atoms with van der Waals surface area (Å²) in [5, 5.41) is 4.24. The van der Waals surface area contributed by atoms with E-state index in [2.05, 4.69) is 179 Å². The first-order chi connectivity index (χ1) is 31.5. The Balaban J connectivity index is 1.04. The Hall–Kier alpha value is -8.58. The average Bonchev–Trinajstić information content (AvgIpc) is 3.36. The summed E-state index contributed by atoms with van der Waals surface area (Å²) in [5.74, 6) is 17.4. The fourth-order valence-corrected chi connectivity index (χ4v) is 7.87. The van der Waals surface area contributed by atoms with Crippen molar-refractivity contribution >= 4 is 55.7 Å². The van der Waals surface area contributed by atoms with Crippen molar-refractivity contribution in [2.75, 3.05) is 38.2 Å². The van der Waals surface area contributed by atoms with Gasteiger partial charge in [0.25, 0.3) is 0 Å². The number of benzene rings is 9. The molecule has 9 rings (SSSR count). The molecule has 310 valence electrons. The van der Waals surface area contributed by atoms with Gasteiger partial charge >= 0.3 is 0 Å². The molecule has 0 radical (unpaired) electrons. The molecule has 0 spiro atoms. The standard InChI is InChI=1S/C58H44N2O4/c1-61-49-31-23-45(24-32-49)59(46-25-33-50(62-2)34-26-46)43-19-13-41(14-20-43)17-39-57-53-9-5-7-11-55(53)58(56-12-8-6-10-54(56)57)40-18-42-15-21-44(22-16-42)60(47-27-35-51(63-3)36-28-47)48-29-37-52(64-4)38-30-48/h5-16,19-38H,1-4H3. The van der Waals surface area contributed by atoms with Gasteiger partial charge in [-0.3, -0.25) is 0 Å². The van der Waals surface area contributed by atoms with Gasteiger partial charge in [-0.15, -0.1) is 0 Å². The first kappa shape index (κ1) is 40.8. The molecule has 0 amide bonds. The normalized spacial score (nSPS) is 10.6. The van der Waals surface area contributed by atoms with Crippen LogP contribution in [0.3, 0.4) is 0 Å². The Kier molecular flexibility index (Phi) is 11.8. The second-order valence-electron chi connectivity index (χ2n) is 14.9. The first-order valence-corrected chi connectivity index (χ1v) is 20.9. The fourth-order valence-electron chi connectivity index (χ4n) is 7.87. The third-order valence-electron chi connectivity index (χ3n) is 11.2. The van der Waals surface area contributed by atoms with Gasteiger partial charge in [-0.25, -0.2) is 0 Å². The summed E-state index contributed by atoms with van der Waals surface area (Å²) in [5.41, 5.74) is 9.78. The largest absolute Gasteiger partial charge is 0.497 e. The summed E-state index contributed by atoms with van der Waals surface area (Å²) in [4.78, 5) is 4.40.